The van der Waals surface area contributed by atoms with Gasteiger partial charge in [-0.3, -0.25) is 4.79 Å². The molecule has 1 amide bonds. The molecule has 1 aromatic heterocycles. The van der Waals surface area contributed by atoms with Gasteiger partial charge < -0.3 is 21.3 Å². The molecule has 0 fully saturated rings. The maximum atomic E-state index is 10.6. The van der Waals surface area contributed by atoms with Crippen molar-refractivity contribution in [3.05, 3.63) is 10.6 Å². The summed E-state index contributed by atoms with van der Waals surface area (Å²) < 4.78 is 0. The number of nitrogens with one attached hydrogen (secondary N) is 1. The van der Waals surface area contributed by atoms with Crippen LogP contribution in [0, 0.1) is 6.92 Å². The summed E-state index contributed by atoms with van der Waals surface area (Å²) in [5.74, 6) is -0.162. The SMILES string of the molecule is CC(=O)NCCC(O)C(O)c1sc(N)nc1C. The first-order valence-corrected chi connectivity index (χ1v) is 6.06. The molecular formula is C10H17N3O3S. The number of aryl methyl sites for hydroxylation is 1. The van der Waals surface area contributed by atoms with Crippen LogP contribution in [0.1, 0.15) is 30.0 Å². The lowest BCUT2D eigenvalue weighted by molar-refractivity contribution is -0.119. The highest BCUT2D eigenvalue weighted by molar-refractivity contribution is 7.15. The lowest BCUT2D eigenvalue weighted by atomic mass is 10.1. The molecule has 2 unspecified atom stereocenters. The number of amides is 1. The molecule has 0 aliphatic rings. The first kappa shape index (κ1) is 13.9. The predicted molar refractivity (Wildman–Crippen MR) is 65.5 cm³/mol. The molecule has 0 radical (unpaired) electrons. The number of hydrogen-bond donors (Lipinski definition) is 4. The van der Waals surface area contributed by atoms with Gasteiger partial charge in [0.15, 0.2) is 5.13 Å². The van der Waals surface area contributed by atoms with E-state index in [9.17, 15) is 15.0 Å². The molecule has 0 saturated heterocycles. The van der Waals surface area contributed by atoms with Gasteiger partial charge in [0.05, 0.1) is 16.7 Å². The Kier molecular flexibility index (Phi) is 4.86. The van der Waals surface area contributed by atoms with Crippen molar-refractivity contribution in [3.63, 3.8) is 0 Å². The van der Waals surface area contributed by atoms with Crippen LogP contribution in [0.15, 0.2) is 0 Å². The highest BCUT2D eigenvalue weighted by Crippen LogP contribution is 2.29. The molecule has 2 atom stereocenters. The zero-order valence-electron chi connectivity index (χ0n) is 9.80. The van der Waals surface area contributed by atoms with E-state index < -0.39 is 12.2 Å². The molecule has 7 heteroatoms. The third kappa shape index (κ3) is 3.95. The standard InChI is InChI=1S/C10H17N3O3S/c1-5-9(17-10(11)13-5)8(16)7(15)3-4-12-6(2)14/h7-8,15-16H,3-4H2,1-2H3,(H2,11,13)(H,12,14). The molecule has 5 N–H and O–H groups in total. The molecule has 1 rings (SSSR count). The Balaban J connectivity index is 2.54. The van der Waals surface area contributed by atoms with Crippen LogP contribution in [-0.2, 0) is 4.79 Å². The summed E-state index contributed by atoms with van der Waals surface area (Å²) in [5.41, 5.74) is 6.14. The Morgan fingerprint density at radius 3 is 2.71 bits per heavy atom. The van der Waals surface area contributed by atoms with E-state index >= 15 is 0 Å². The summed E-state index contributed by atoms with van der Waals surface area (Å²) in [4.78, 5) is 15.2. The monoisotopic (exact) mass is 259 g/mol. The van der Waals surface area contributed by atoms with E-state index in [1.807, 2.05) is 0 Å². The summed E-state index contributed by atoms with van der Waals surface area (Å²) >= 11 is 1.16. The number of hydrogen-bond acceptors (Lipinski definition) is 6. The van der Waals surface area contributed by atoms with E-state index in [2.05, 4.69) is 10.3 Å². The lowest BCUT2D eigenvalue weighted by Crippen LogP contribution is -2.27. The van der Waals surface area contributed by atoms with Crippen molar-refractivity contribution < 1.29 is 15.0 Å². The number of nitrogen functional groups attached to an aromatic ring is 1. The first-order valence-electron chi connectivity index (χ1n) is 5.25. The van der Waals surface area contributed by atoms with Crippen molar-refractivity contribution >= 4 is 22.4 Å². The molecule has 0 saturated carbocycles. The summed E-state index contributed by atoms with van der Waals surface area (Å²) in [6, 6.07) is 0. The average molecular weight is 259 g/mol. The number of thiazole rings is 1. The summed E-state index contributed by atoms with van der Waals surface area (Å²) in [5, 5.41) is 22.6. The molecular weight excluding hydrogens is 242 g/mol. The molecule has 1 aromatic rings. The van der Waals surface area contributed by atoms with Gasteiger partial charge in [-0.15, -0.1) is 0 Å². The number of carbonyl (C=O) groups excluding carboxylic acids is 1. The highest BCUT2D eigenvalue weighted by Gasteiger charge is 2.22. The Labute approximate surface area is 103 Å². The average Bonchev–Trinajstić information content (AvgIpc) is 2.56. The van der Waals surface area contributed by atoms with Crippen LogP contribution >= 0.6 is 11.3 Å². The van der Waals surface area contributed by atoms with Crippen LogP contribution in [0.4, 0.5) is 5.13 Å². The topological polar surface area (TPSA) is 108 Å². The van der Waals surface area contributed by atoms with Crippen LogP contribution < -0.4 is 11.1 Å². The van der Waals surface area contributed by atoms with Crippen molar-refractivity contribution in [3.8, 4) is 0 Å². The fourth-order valence-electron chi connectivity index (χ4n) is 1.43. The number of aliphatic hydroxyl groups excluding tert-OH is 2. The second-order valence-corrected chi connectivity index (χ2v) is 4.85. The van der Waals surface area contributed by atoms with Gasteiger partial charge in [-0.25, -0.2) is 4.98 Å². The van der Waals surface area contributed by atoms with E-state index in [0.717, 1.165) is 11.3 Å². The normalized spacial score (nSPS) is 14.4. The number of aliphatic hydroxyl groups is 2. The second kappa shape index (κ2) is 5.95. The van der Waals surface area contributed by atoms with Gasteiger partial charge in [-0.05, 0) is 13.3 Å². The molecule has 96 valence electrons. The predicted octanol–water partition coefficient (Wildman–Crippen LogP) is -0.0458. The maximum absolute atomic E-state index is 10.6. The number of rotatable bonds is 5. The first-order chi connectivity index (χ1) is 7.91. The summed E-state index contributed by atoms with van der Waals surface area (Å²) in [6.45, 7) is 3.45. The summed E-state index contributed by atoms with van der Waals surface area (Å²) in [7, 11) is 0. The zero-order chi connectivity index (χ0) is 13.0. The van der Waals surface area contributed by atoms with E-state index in [4.69, 9.17) is 5.73 Å². The van der Waals surface area contributed by atoms with Crippen LogP contribution in [0.5, 0.6) is 0 Å². The summed E-state index contributed by atoms with van der Waals surface area (Å²) in [6.07, 6.45) is -1.68. The van der Waals surface area contributed by atoms with E-state index in [0.29, 0.717) is 22.2 Å². The minimum absolute atomic E-state index is 0.162. The highest BCUT2D eigenvalue weighted by atomic mass is 32.1. The molecule has 0 bridgehead atoms. The van der Waals surface area contributed by atoms with Crippen LogP contribution in [-0.4, -0.2) is 33.8 Å². The van der Waals surface area contributed by atoms with Gasteiger partial charge >= 0.3 is 0 Å². The fourth-order valence-corrected chi connectivity index (χ4v) is 2.31. The number of anilines is 1. The van der Waals surface area contributed by atoms with Crippen LogP contribution in [0.2, 0.25) is 0 Å². The van der Waals surface area contributed by atoms with Crippen molar-refractivity contribution in [2.45, 2.75) is 32.5 Å². The third-order valence-electron chi connectivity index (χ3n) is 2.30. The van der Waals surface area contributed by atoms with Gasteiger partial charge in [0.1, 0.15) is 6.10 Å². The van der Waals surface area contributed by atoms with Crippen LogP contribution in [0.25, 0.3) is 0 Å². The Morgan fingerprint density at radius 2 is 2.24 bits per heavy atom. The molecule has 1 heterocycles. The van der Waals surface area contributed by atoms with Crippen molar-refractivity contribution in [1.82, 2.24) is 10.3 Å². The van der Waals surface area contributed by atoms with Crippen LogP contribution in [0.3, 0.4) is 0 Å². The largest absolute Gasteiger partial charge is 0.390 e. The minimum atomic E-state index is -1.02. The molecule has 0 aliphatic carbocycles. The van der Waals surface area contributed by atoms with E-state index in [1.54, 1.807) is 6.92 Å². The maximum Gasteiger partial charge on any atom is 0.216 e. The Hall–Kier alpha value is -1.18. The van der Waals surface area contributed by atoms with Crippen molar-refractivity contribution in [2.24, 2.45) is 0 Å². The number of nitrogens with zero attached hydrogens (tertiary/aromatic N) is 1. The van der Waals surface area contributed by atoms with Crippen molar-refractivity contribution in [1.29, 1.82) is 0 Å². The lowest BCUT2D eigenvalue weighted by Gasteiger charge is -2.16. The fraction of sp³-hybridized carbons (Fsp3) is 0.600. The van der Waals surface area contributed by atoms with Gasteiger partial charge in [0.25, 0.3) is 0 Å². The van der Waals surface area contributed by atoms with Crippen molar-refractivity contribution in [2.75, 3.05) is 12.3 Å². The molecule has 17 heavy (non-hydrogen) atoms. The molecule has 6 nitrogen and oxygen atoms in total. The Bertz CT molecular complexity index is 394. The number of aromatic nitrogens is 1. The number of nitrogens with two attached hydrogens (primary N) is 1. The molecule has 0 spiro atoms. The van der Waals surface area contributed by atoms with E-state index in [-0.39, 0.29) is 12.3 Å². The van der Waals surface area contributed by atoms with Gasteiger partial charge in [-0.2, -0.15) is 0 Å². The number of carbonyl (C=O) groups is 1. The van der Waals surface area contributed by atoms with Gasteiger partial charge in [-0.1, -0.05) is 11.3 Å². The quantitative estimate of drug-likeness (QED) is 0.593. The smallest absolute Gasteiger partial charge is 0.216 e. The molecule has 0 aliphatic heterocycles. The zero-order valence-corrected chi connectivity index (χ0v) is 10.6. The van der Waals surface area contributed by atoms with Gasteiger partial charge in [0, 0.05) is 13.5 Å². The minimum Gasteiger partial charge on any atom is -0.390 e. The second-order valence-electron chi connectivity index (χ2n) is 3.79. The van der Waals surface area contributed by atoms with E-state index in [1.165, 1.54) is 6.92 Å². The Morgan fingerprint density at radius 1 is 1.59 bits per heavy atom. The third-order valence-corrected chi connectivity index (χ3v) is 3.35. The molecule has 0 aromatic carbocycles. The van der Waals surface area contributed by atoms with Gasteiger partial charge in [0.2, 0.25) is 5.91 Å².